The van der Waals surface area contributed by atoms with Gasteiger partial charge in [0.2, 0.25) is 0 Å². The van der Waals surface area contributed by atoms with E-state index in [1.807, 2.05) is 0 Å². The zero-order chi connectivity index (χ0) is 15.2. The molecule has 0 saturated carbocycles. The molecule has 110 valence electrons. The first-order valence-corrected chi connectivity index (χ1v) is 7.58. The van der Waals surface area contributed by atoms with Gasteiger partial charge in [0.05, 0.1) is 0 Å². The maximum absolute atomic E-state index is 4.74. The summed E-state index contributed by atoms with van der Waals surface area (Å²) in [5.41, 5.74) is 4.64. The predicted octanol–water partition coefficient (Wildman–Crippen LogP) is 2.98. The molecule has 0 aromatic heterocycles. The van der Waals surface area contributed by atoms with E-state index in [4.69, 9.17) is 12.6 Å². The third-order valence-corrected chi connectivity index (χ3v) is 3.93. The van der Waals surface area contributed by atoms with Gasteiger partial charge in [0.1, 0.15) is 0 Å². The van der Waals surface area contributed by atoms with Crippen molar-refractivity contribution in [2.75, 3.05) is 0 Å². The molecule has 0 aliphatic rings. The fourth-order valence-electron chi connectivity index (χ4n) is 2.43. The maximum Gasteiger partial charge on any atom is 1.00 e. The molecular formula is C18H31NaS. The molecular weight excluding hydrogens is 271 g/mol. The van der Waals surface area contributed by atoms with Crippen molar-refractivity contribution in [2.24, 2.45) is 0 Å². The molecule has 1 rings (SSSR count). The molecule has 0 amide bonds. The van der Waals surface area contributed by atoms with Gasteiger partial charge < -0.3 is 1.43 Å². The molecule has 0 N–H and O–H groups in total. The average Bonchev–Trinajstić information content (AvgIpc) is 2.11. The third-order valence-electron chi connectivity index (χ3n) is 3.56. The van der Waals surface area contributed by atoms with E-state index in [1.54, 1.807) is 0 Å². The second kappa shape index (κ2) is 6.36. The van der Waals surface area contributed by atoms with E-state index >= 15 is 0 Å². The summed E-state index contributed by atoms with van der Waals surface area (Å²) in [7, 11) is 0. The van der Waals surface area contributed by atoms with Crippen LogP contribution in [0.3, 0.4) is 0 Å². The van der Waals surface area contributed by atoms with Gasteiger partial charge in [-0.1, -0.05) is 68.4 Å². The third kappa shape index (κ3) is 4.80. The Morgan fingerprint density at radius 1 is 0.650 bits per heavy atom. The summed E-state index contributed by atoms with van der Waals surface area (Å²) in [6, 6.07) is 4.66. The van der Waals surface area contributed by atoms with E-state index in [-0.39, 0.29) is 47.2 Å². The second-order valence-electron chi connectivity index (χ2n) is 8.66. The van der Waals surface area contributed by atoms with Crippen molar-refractivity contribution in [1.29, 1.82) is 0 Å². The SMILES string of the molecule is CC(C)(C)c1cc(C(C)(C)C)c(C(C)(C)C)cc1S.[H-].[Na+]. The van der Waals surface area contributed by atoms with Crippen LogP contribution in [0.15, 0.2) is 17.0 Å². The first kappa shape index (κ1) is 20.6. The van der Waals surface area contributed by atoms with Gasteiger partial charge in [-0.2, -0.15) is 0 Å². The fourth-order valence-corrected chi connectivity index (χ4v) is 2.96. The first-order chi connectivity index (χ1) is 8.24. The van der Waals surface area contributed by atoms with Crippen LogP contribution in [0.4, 0.5) is 0 Å². The molecule has 0 radical (unpaired) electrons. The van der Waals surface area contributed by atoms with Crippen LogP contribution in [0.2, 0.25) is 0 Å². The predicted molar refractivity (Wildman–Crippen MR) is 90.9 cm³/mol. The minimum atomic E-state index is 0. The van der Waals surface area contributed by atoms with Crippen molar-refractivity contribution in [3.05, 3.63) is 28.8 Å². The molecule has 0 unspecified atom stereocenters. The maximum atomic E-state index is 4.74. The number of thiol groups is 1. The molecule has 0 saturated heterocycles. The summed E-state index contributed by atoms with van der Waals surface area (Å²) >= 11 is 4.74. The molecule has 0 fully saturated rings. The van der Waals surface area contributed by atoms with Crippen LogP contribution in [-0.2, 0) is 16.2 Å². The van der Waals surface area contributed by atoms with E-state index in [0.29, 0.717) is 0 Å². The fraction of sp³-hybridized carbons (Fsp3) is 0.667. The number of hydrogen-bond donors (Lipinski definition) is 1. The van der Waals surface area contributed by atoms with E-state index in [9.17, 15) is 0 Å². The van der Waals surface area contributed by atoms with Crippen molar-refractivity contribution in [2.45, 2.75) is 83.5 Å². The molecule has 1 aromatic rings. The van der Waals surface area contributed by atoms with E-state index in [1.165, 1.54) is 16.7 Å². The molecule has 0 heterocycles. The molecule has 2 heteroatoms. The average molecular weight is 303 g/mol. The van der Waals surface area contributed by atoms with Gasteiger partial charge in [-0.3, -0.25) is 0 Å². The van der Waals surface area contributed by atoms with Crippen molar-refractivity contribution < 1.29 is 31.0 Å². The van der Waals surface area contributed by atoms with Gasteiger partial charge in [-0.05, 0) is 39.0 Å². The van der Waals surface area contributed by atoms with Crippen LogP contribution >= 0.6 is 12.6 Å². The first-order valence-electron chi connectivity index (χ1n) is 7.13. The van der Waals surface area contributed by atoms with Crippen molar-refractivity contribution >= 4 is 12.6 Å². The van der Waals surface area contributed by atoms with Crippen molar-refractivity contribution in [3.8, 4) is 0 Å². The quantitative estimate of drug-likeness (QED) is 0.553. The zero-order valence-corrected chi connectivity index (χ0v) is 18.0. The molecule has 0 aliphatic carbocycles. The van der Waals surface area contributed by atoms with Gasteiger partial charge in [0, 0.05) is 4.90 Å². The molecule has 0 nitrogen and oxygen atoms in total. The van der Waals surface area contributed by atoms with Gasteiger partial charge >= 0.3 is 29.6 Å². The number of rotatable bonds is 0. The Morgan fingerprint density at radius 3 is 1.25 bits per heavy atom. The van der Waals surface area contributed by atoms with E-state index < -0.39 is 0 Å². The molecule has 20 heavy (non-hydrogen) atoms. The van der Waals surface area contributed by atoms with Crippen molar-refractivity contribution in [1.82, 2.24) is 0 Å². The van der Waals surface area contributed by atoms with Gasteiger partial charge in [0.15, 0.2) is 0 Å². The minimum absolute atomic E-state index is 0. The van der Waals surface area contributed by atoms with Crippen LogP contribution in [0, 0.1) is 0 Å². The van der Waals surface area contributed by atoms with Crippen LogP contribution < -0.4 is 29.6 Å². The number of hydrogen-bond acceptors (Lipinski definition) is 1. The van der Waals surface area contributed by atoms with E-state index in [0.717, 1.165) is 4.90 Å². The van der Waals surface area contributed by atoms with Crippen LogP contribution in [0.25, 0.3) is 0 Å². The number of benzene rings is 1. The largest absolute Gasteiger partial charge is 1.00 e. The second-order valence-corrected chi connectivity index (χ2v) is 9.15. The van der Waals surface area contributed by atoms with Gasteiger partial charge in [-0.15, -0.1) is 12.6 Å². The smallest absolute Gasteiger partial charge is 1.00 e. The van der Waals surface area contributed by atoms with Crippen LogP contribution in [-0.4, -0.2) is 0 Å². The summed E-state index contributed by atoms with van der Waals surface area (Å²) < 4.78 is 0. The molecule has 0 bridgehead atoms. The minimum Gasteiger partial charge on any atom is -1.00 e. The standard InChI is InChI=1S/C18H30S.Na.H/c1-16(2,3)12-10-14(18(7,8)9)15(19)11-13(12)17(4,5)6;;/h10-11,19H,1-9H3;;/q;+1;-1. The Labute approximate surface area is 155 Å². The molecule has 0 aliphatic heterocycles. The van der Waals surface area contributed by atoms with Gasteiger partial charge in [-0.25, -0.2) is 0 Å². The Bertz CT molecular complexity index is 474. The zero-order valence-electron chi connectivity index (χ0n) is 16.1. The normalized spacial score (nSPS) is 13.1. The summed E-state index contributed by atoms with van der Waals surface area (Å²) in [6.45, 7) is 20.5. The summed E-state index contributed by atoms with van der Waals surface area (Å²) in [5.74, 6) is 0. The summed E-state index contributed by atoms with van der Waals surface area (Å²) in [4.78, 5) is 1.12. The van der Waals surface area contributed by atoms with Crippen LogP contribution in [0.5, 0.6) is 0 Å². The Kier molecular flexibility index (Phi) is 6.54. The van der Waals surface area contributed by atoms with Gasteiger partial charge in [0.25, 0.3) is 0 Å². The monoisotopic (exact) mass is 302 g/mol. The van der Waals surface area contributed by atoms with Crippen LogP contribution in [0.1, 0.15) is 80.4 Å². The summed E-state index contributed by atoms with van der Waals surface area (Å²) in [6.07, 6.45) is 0. The molecule has 1 aromatic carbocycles. The van der Waals surface area contributed by atoms with E-state index in [2.05, 4.69) is 74.4 Å². The Hall–Kier alpha value is 0.570. The molecule has 0 spiro atoms. The topological polar surface area (TPSA) is 0 Å². The Balaban J connectivity index is 0. The molecule has 0 atom stereocenters. The summed E-state index contributed by atoms with van der Waals surface area (Å²) in [5, 5.41) is 0. The Morgan fingerprint density at radius 2 is 0.950 bits per heavy atom. The van der Waals surface area contributed by atoms with Crippen molar-refractivity contribution in [3.63, 3.8) is 0 Å².